The molecule has 0 radical (unpaired) electrons. The number of aryl methyl sites for hydroxylation is 2. The van der Waals surface area contributed by atoms with E-state index in [2.05, 4.69) is 59.4 Å². The first-order valence-electron chi connectivity index (χ1n) is 13.2. The lowest BCUT2D eigenvalue weighted by atomic mass is 9.76. The summed E-state index contributed by atoms with van der Waals surface area (Å²) in [5, 5.41) is 28.5. The Balaban J connectivity index is 1.78. The van der Waals surface area contributed by atoms with Gasteiger partial charge in [0.15, 0.2) is 5.82 Å². The average Bonchev–Trinajstić information content (AvgIpc) is 3.68. The van der Waals surface area contributed by atoms with Gasteiger partial charge in [-0.25, -0.2) is 0 Å². The number of nitrogens with zero attached hydrogens (tertiary/aromatic N) is 5. The van der Waals surface area contributed by atoms with Crippen LogP contribution in [0, 0.1) is 11.3 Å². The van der Waals surface area contributed by atoms with E-state index in [0.717, 1.165) is 33.0 Å². The lowest BCUT2D eigenvalue weighted by molar-refractivity contribution is 0.0995. The van der Waals surface area contributed by atoms with E-state index in [0.29, 0.717) is 41.4 Å². The molecule has 1 aliphatic rings. The number of aromatic amines is 1. The zero-order valence-electron chi connectivity index (χ0n) is 23.2. The van der Waals surface area contributed by atoms with Crippen molar-refractivity contribution in [2.45, 2.75) is 76.9 Å². The SMILES string of the molecule is C=C(CN[C@@H](C)CC1(c2nn[nH]n2)c2sc(C(N)=O)cc2CCc2cc(C(N)=O)sc21)N(C(C)C#N)C(C)CC. The lowest BCUT2D eigenvalue weighted by Crippen LogP contribution is -2.44. The third-order valence-corrected chi connectivity index (χ3v) is 10.3. The number of thiophene rings is 2. The molecule has 212 valence electrons. The molecule has 0 saturated carbocycles. The smallest absolute Gasteiger partial charge is 0.258 e. The van der Waals surface area contributed by atoms with Gasteiger partial charge in [0.2, 0.25) is 0 Å². The Kier molecular flexibility index (Phi) is 8.72. The second-order valence-corrected chi connectivity index (χ2v) is 12.4. The minimum absolute atomic E-state index is 0.108. The fourth-order valence-electron chi connectivity index (χ4n) is 5.53. The monoisotopic (exact) mass is 581 g/mol. The third kappa shape index (κ3) is 5.39. The Morgan fingerprint density at radius 2 is 1.75 bits per heavy atom. The van der Waals surface area contributed by atoms with Crippen LogP contribution in [0.2, 0.25) is 0 Å². The van der Waals surface area contributed by atoms with Crippen molar-refractivity contribution in [1.29, 1.82) is 5.26 Å². The first-order valence-corrected chi connectivity index (χ1v) is 14.9. The highest BCUT2D eigenvalue weighted by Gasteiger charge is 2.48. The van der Waals surface area contributed by atoms with Crippen molar-refractivity contribution < 1.29 is 9.59 Å². The number of carbonyl (C=O) groups is 2. The normalized spacial score (nSPS) is 16.1. The van der Waals surface area contributed by atoms with Crippen LogP contribution in [-0.4, -0.2) is 62.0 Å². The van der Waals surface area contributed by atoms with Crippen LogP contribution in [0.25, 0.3) is 0 Å². The average molecular weight is 582 g/mol. The molecule has 11 nitrogen and oxygen atoms in total. The van der Waals surface area contributed by atoms with E-state index in [4.69, 9.17) is 11.5 Å². The van der Waals surface area contributed by atoms with E-state index in [1.54, 1.807) is 0 Å². The van der Waals surface area contributed by atoms with Crippen LogP contribution < -0.4 is 16.8 Å². The summed E-state index contributed by atoms with van der Waals surface area (Å²) in [6.07, 6.45) is 2.70. The van der Waals surface area contributed by atoms with Gasteiger partial charge in [-0.3, -0.25) is 9.59 Å². The topological polar surface area (TPSA) is 180 Å². The van der Waals surface area contributed by atoms with Gasteiger partial charge in [-0.15, -0.1) is 32.9 Å². The predicted molar refractivity (Wildman–Crippen MR) is 155 cm³/mol. The maximum absolute atomic E-state index is 12.2. The van der Waals surface area contributed by atoms with Gasteiger partial charge in [-0.2, -0.15) is 10.5 Å². The van der Waals surface area contributed by atoms with E-state index in [-0.39, 0.29) is 18.1 Å². The van der Waals surface area contributed by atoms with Crippen molar-refractivity contribution in [2.75, 3.05) is 6.54 Å². The van der Waals surface area contributed by atoms with E-state index >= 15 is 0 Å². The molecule has 13 heteroatoms. The maximum atomic E-state index is 12.2. The number of aromatic nitrogens is 4. The number of nitrogens with one attached hydrogen (secondary N) is 2. The van der Waals surface area contributed by atoms with Gasteiger partial charge in [0.1, 0.15) is 11.5 Å². The Morgan fingerprint density at radius 1 is 1.18 bits per heavy atom. The van der Waals surface area contributed by atoms with Crippen LogP contribution in [-0.2, 0) is 18.3 Å². The van der Waals surface area contributed by atoms with Crippen molar-refractivity contribution >= 4 is 34.5 Å². The van der Waals surface area contributed by atoms with Gasteiger partial charge in [0, 0.05) is 34.1 Å². The molecule has 4 rings (SSSR count). The first-order chi connectivity index (χ1) is 19.0. The van der Waals surface area contributed by atoms with Crippen molar-refractivity contribution in [2.24, 2.45) is 11.5 Å². The number of tetrazole rings is 1. The number of nitriles is 1. The van der Waals surface area contributed by atoms with Gasteiger partial charge >= 0.3 is 0 Å². The lowest BCUT2D eigenvalue weighted by Gasteiger charge is -2.36. The van der Waals surface area contributed by atoms with Gasteiger partial charge in [-0.1, -0.05) is 18.7 Å². The second-order valence-electron chi connectivity index (χ2n) is 10.3. The van der Waals surface area contributed by atoms with Crippen molar-refractivity contribution in [1.82, 2.24) is 30.8 Å². The zero-order chi connectivity index (χ0) is 29.2. The molecule has 0 saturated heterocycles. The fourth-order valence-corrected chi connectivity index (χ4v) is 8.12. The summed E-state index contributed by atoms with van der Waals surface area (Å²) < 4.78 is 0. The summed E-state index contributed by atoms with van der Waals surface area (Å²) in [4.78, 5) is 29.3. The molecule has 0 spiro atoms. The van der Waals surface area contributed by atoms with E-state index in [1.807, 2.05) is 24.0 Å². The summed E-state index contributed by atoms with van der Waals surface area (Å²) in [7, 11) is 0. The Hall–Kier alpha value is -3.60. The number of hydrogen-bond donors (Lipinski definition) is 4. The molecule has 0 bridgehead atoms. The van der Waals surface area contributed by atoms with Crippen LogP contribution in [0.15, 0.2) is 24.4 Å². The molecule has 0 aromatic carbocycles. The largest absolute Gasteiger partial charge is 0.365 e. The molecule has 3 atom stereocenters. The van der Waals surface area contributed by atoms with E-state index in [9.17, 15) is 14.9 Å². The van der Waals surface area contributed by atoms with Crippen molar-refractivity contribution in [3.8, 4) is 6.07 Å². The highest BCUT2D eigenvalue weighted by molar-refractivity contribution is 7.16. The number of amides is 2. The molecule has 6 N–H and O–H groups in total. The molecule has 1 aliphatic carbocycles. The second kappa shape index (κ2) is 11.9. The van der Waals surface area contributed by atoms with Crippen LogP contribution in [0.4, 0.5) is 0 Å². The summed E-state index contributed by atoms with van der Waals surface area (Å²) in [5.41, 5.74) is 13.3. The Bertz CT molecular complexity index is 1380. The molecular weight excluding hydrogens is 546 g/mol. The minimum Gasteiger partial charge on any atom is -0.365 e. The number of rotatable bonds is 12. The number of primary amides is 2. The van der Waals surface area contributed by atoms with Crippen molar-refractivity contribution in [3.05, 3.63) is 60.9 Å². The molecule has 3 heterocycles. The predicted octanol–water partition coefficient (Wildman–Crippen LogP) is 2.85. The standard InChI is InChI=1S/C27H35N9O2S2/c1-6-15(3)36(16(4)12-28)17(5)13-31-14(2)11-27(26-32-34-35-33-26)22-18(9-20(39-22)24(29)37)7-8-19-10-21(25(30)38)40-23(19)27/h9-10,14-16,31H,5-8,11,13H2,1-4H3,(H2,29,37)(H2,30,38)(H,32,33,34,35)/t14-,15?,16?/m0/s1. The zero-order valence-corrected chi connectivity index (χ0v) is 24.8. The quantitative estimate of drug-likeness (QED) is 0.252. The molecule has 0 aliphatic heterocycles. The highest BCUT2D eigenvalue weighted by atomic mass is 32.1. The van der Waals surface area contributed by atoms with Crippen LogP contribution in [0.5, 0.6) is 0 Å². The third-order valence-electron chi connectivity index (χ3n) is 7.57. The van der Waals surface area contributed by atoms with Crippen LogP contribution in [0.1, 0.15) is 86.6 Å². The number of hydrogen-bond acceptors (Lipinski definition) is 10. The summed E-state index contributed by atoms with van der Waals surface area (Å²) in [5.74, 6) is -0.550. The molecular formula is C27H35N9O2S2. The minimum atomic E-state index is -0.908. The molecule has 3 aromatic heterocycles. The summed E-state index contributed by atoms with van der Waals surface area (Å²) in [6.45, 7) is 12.9. The number of carbonyl (C=O) groups excluding carboxylic acids is 2. The molecule has 2 unspecified atom stereocenters. The van der Waals surface area contributed by atoms with Crippen LogP contribution in [0.3, 0.4) is 0 Å². The van der Waals surface area contributed by atoms with Gasteiger partial charge in [0.05, 0.1) is 15.8 Å². The number of H-pyrrole nitrogens is 1. The fraction of sp³-hybridized carbons (Fsp3) is 0.481. The molecule has 0 fully saturated rings. The van der Waals surface area contributed by atoms with Gasteiger partial charge in [0.25, 0.3) is 11.8 Å². The Morgan fingerprint density at radius 3 is 2.20 bits per heavy atom. The number of nitrogens with two attached hydrogens (primary N) is 2. The highest BCUT2D eigenvalue weighted by Crippen LogP contribution is 2.52. The maximum Gasteiger partial charge on any atom is 0.258 e. The van der Waals surface area contributed by atoms with E-state index in [1.165, 1.54) is 22.7 Å². The summed E-state index contributed by atoms with van der Waals surface area (Å²) in [6, 6.07) is 5.78. The van der Waals surface area contributed by atoms with Gasteiger partial charge in [-0.05, 0) is 69.7 Å². The van der Waals surface area contributed by atoms with Gasteiger partial charge < -0.3 is 21.7 Å². The number of fused-ring (bicyclic) bond motifs is 2. The summed E-state index contributed by atoms with van der Waals surface area (Å²) >= 11 is 2.67. The van der Waals surface area contributed by atoms with Crippen LogP contribution >= 0.6 is 22.7 Å². The Labute approximate surface area is 241 Å². The molecule has 3 aromatic rings. The van der Waals surface area contributed by atoms with E-state index < -0.39 is 17.2 Å². The molecule has 2 amide bonds. The molecule has 40 heavy (non-hydrogen) atoms. The first kappa shape index (κ1) is 29.4. The van der Waals surface area contributed by atoms with Crippen molar-refractivity contribution in [3.63, 3.8) is 0 Å².